The lowest BCUT2D eigenvalue weighted by atomic mass is 10.1. The van der Waals surface area contributed by atoms with Gasteiger partial charge in [0, 0.05) is 10.2 Å². The molecule has 0 fully saturated rings. The van der Waals surface area contributed by atoms with Crippen LogP contribution >= 0.6 is 39.5 Å². The van der Waals surface area contributed by atoms with Gasteiger partial charge in [-0.05, 0) is 49.3 Å². The third-order valence-corrected chi connectivity index (χ3v) is 3.63. The van der Waals surface area contributed by atoms with Crippen LogP contribution in [-0.2, 0) is 0 Å². The van der Waals surface area contributed by atoms with E-state index in [0.717, 1.165) is 15.3 Å². The Balaban J connectivity index is 2.38. The van der Waals surface area contributed by atoms with Gasteiger partial charge in [-0.2, -0.15) is 0 Å². The van der Waals surface area contributed by atoms with Crippen molar-refractivity contribution < 1.29 is 0 Å². The molecule has 0 saturated heterocycles. The van der Waals surface area contributed by atoms with Crippen molar-refractivity contribution in [3.05, 3.63) is 31.7 Å². The molecule has 0 amide bonds. The summed E-state index contributed by atoms with van der Waals surface area (Å²) in [6.07, 6.45) is 0. The Bertz CT molecular complexity index is 550. The Morgan fingerprint density at radius 3 is 2.50 bits per heavy atom. The molecule has 1 aromatic heterocycles. The smallest absolute Gasteiger partial charge is 0.208 e. The van der Waals surface area contributed by atoms with Crippen LogP contribution in [0.2, 0.25) is 0 Å². The quantitative estimate of drug-likeness (QED) is 0.811. The van der Waals surface area contributed by atoms with Crippen molar-refractivity contribution in [2.24, 2.45) is 0 Å². The van der Waals surface area contributed by atoms with E-state index in [2.05, 4.69) is 57.4 Å². The summed E-state index contributed by atoms with van der Waals surface area (Å²) in [6.45, 7) is 4.12. The van der Waals surface area contributed by atoms with Gasteiger partial charge in [0.25, 0.3) is 0 Å². The zero-order valence-corrected chi connectivity index (χ0v) is 12.0. The molecule has 0 aliphatic carbocycles. The summed E-state index contributed by atoms with van der Waals surface area (Å²) >= 11 is 9.89. The predicted octanol–water partition coefficient (Wildman–Crippen LogP) is 4.32. The Morgan fingerprint density at radius 2 is 2.00 bits per heavy atom. The maximum atomic E-state index is 4.99. The van der Waals surface area contributed by atoms with Gasteiger partial charge in [-0.15, -0.1) is 5.10 Å². The maximum absolute atomic E-state index is 4.99. The van der Waals surface area contributed by atoms with E-state index in [-0.39, 0.29) is 0 Å². The molecular weight excluding hydrogens is 306 g/mol. The Morgan fingerprint density at radius 1 is 1.38 bits per heavy atom. The van der Waals surface area contributed by atoms with E-state index < -0.39 is 0 Å². The SMILES string of the molecule is Cc1cc(Br)cc(C)c1Nc1n[nH]c(=S)s1. The van der Waals surface area contributed by atoms with E-state index in [0.29, 0.717) is 3.95 Å². The minimum Gasteiger partial charge on any atom is -0.330 e. The van der Waals surface area contributed by atoms with Gasteiger partial charge in [-0.3, -0.25) is 5.10 Å². The van der Waals surface area contributed by atoms with Gasteiger partial charge in [0.15, 0.2) is 3.95 Å². The van der Waals surface area contributed by atoms with Gasteiger partial charge in [-0.1, -0.05) is 27.3 Å². The summed E-state index contributed by atoms with van der Waals surface area (Å²) < 4.78 is 1.76. The van der Waals surface area contributed by atoms with E-state index in [9.17, 15) is 0 Å². The highest BCUT2D eigenvalue weighted by molar-refractivity contribution is 9.10. The van der Waals surface area contributed by atoms with E-state index >= 15 is 0 Å². The van der Waals surface area contributed by atoms with Crippen molar-refractivity contribution in [2.75, 3.05) is 5.32 Å². The standard InChI is InChI=1S/C10H10BrN3S2/c1-5-3-7(11)4-6(2)8(5)12-9-13-14-10(15)16-9/h3-4H,1-2H3,(H,12,13)(H,14,15). The van der Waals surface area contributed by atoms with Gasteiger partial charge in [0.05, 0.1) is 0 Å². The fraction of sp³-hybridized carbons (Fsp3) is 0.200. The number of rotatable bonds is 2. The average Bonchev–Trinajstić information content (AvgIpc) is 2.58. The lowest BCUT2D eigenvalue weighted by Crippen LogP contribution is -1.95. The van der Waals surface area contributed by atoms with Gasteiger partial charge in [0.2, 0.25) is 5.13 Å². The van der Waals surface area contributed by atoms with E-state index in [1.165, 1.54) is 22.5 Å². The van der Waals surface area contributed by atoms with Crippen molar-refractivity contribution in [1.82, 2.24) is 10.2 Å². The second kappa shape index (κ2) is 4.65. The van der Waals surface area contributed by atoms with Crippen LogP contribution in [0.4, 0.5) is 10.8 Å². The minimum absolute atomic E-state index is 0.676. The molecule has 0 unspecified atom stereocenters. The van der Waals surface area contributed by atoms with Crippen LogP contribution in [0.3, 0.4) is 0 Å². The molecular formula is C10H10BrN3S2. The van der Waals surface area contributed by atoms with Crippen LogP contribution in [0.1, 0.15) is 11.1 Å². The lowest BCUT2D eigenvalue weighted by Gasteiger charge is -2.10. The second-order valence-electron chi connectivity index (χ2n) is 3.46. The topological polar surface area (TPSA) is 40.7 Å². The number of hydrogen-bond donors (Lipinski definition) is 2. The molecule has 6 heteroatoms. The molecule has 0 spiro atoms. The first-order valence-electron chi connectivity index (χ1n) is 4.65. The highest BCUT2D eigenvalue weighted by atomic mass is 79.9. The van der Waals surface area contributed by atoms with Crippen molar-refractivity contribution in [1.29, 1.82) is 0 Å². The monoisotopic (exact) mass is 315 g/mol. The predicted molar refractivity (Wildman–Crippen MR) is 74.2 cm³/mol. The third kappa shape index (κ3) is 2.50. The molecule has 0 aliphatic heterocycles. The van der Waals surface area contributed by atoms with Crippen molar-refractivity contribution in [3.63, 3.8) is 0 Å². The Hall–Kier alpha value is -0.720. The zero-order valence-electron chi connectivity index (χ0n) is 8.80. The lowest BCUT2D eigenvalue weighted by molar-refractivity contribution is 1.08. The second-order valence-corrected chi connectivity index (χ2v) is 6.04. The molecule has 0 aliphatic rings. The van der Waals surface area contributed by atoms with Gasteiger partial charge >= 0.3 is 0 Å². The number of anilines is 2. The number of aromatic amines is 1. The van der Waals surface area contributed by atoms with Crippen LogP contribution in [0.25, 0.3) is 0 Å². The Kier molecular flexibility index (Phi) is 3.41. The van der Waals surface area contributed by atoms with Crippen molar-refractivity contribution in [3.8, 4) is 0 Å². The normalized spacial score (nSPS) is 10.4. The number of nitrogens with zero attached hydrogens (tertiary/aromatic N) is 1. The number of aromatic nitrogens is 2. The van der Waals surface area contributed by atoms with Crippen LogP contribution in [-0.4, -0.2) is 10.2 Å². The summed E-state index contributed by atoms with van der Waals surface area (Å²) in [5.74, 6) is 0. The highest BCUT2D eigenvalue weighted by Gasteiger charge is 2.06. The number of aryl methyl sites for hydroxylation is 2. The number of nitrogens with one attached hydrogen (secondary N) is 2. The first-order valence-corrected chi connectivity index (χ1v) is 6.67. The zero-order chi connectivity index (χ0) is 11.7. The first kappa shape index (κ1) is 11.8. The fourth-order valence-corrected chi connectivity index (χ4v) is 2.98. The number of benzene rings is 1. The molecule has 0 saturated carbocycles. The fourth-order valence-electron chi connectivity index (χ4n) is 1.50. The van der Waals surface area contributed by atoms with Gasteiger partial charge < -0.3 is 5.32 Å². The molecule has 2 N–H and O–H groups in total. The molecule has 84 valence electrons. The summed E-state index contributed by atoms with van der Waals surface area (Å²) in [5, 5.41) is 10.9. The number of halogens is 1. The molecule has 2 aromatic rings. The van der Waals surface area contributed by atoms with Crippen LogP contribution in [0.15, 0.2) is 16.6 Å². The molecule has 2 rings (SSSR count). The summed E-state index contributed by atoms with van der Waals surface area (Å²) in [7, 11) is 0. The van der Waals surface area contributed by atoms with E-state index in [1.54, 1.807) is 0 Å². The van der Waals surface area contributed by atoms with E-state index in [4.69, 9.17) is 12.2 Å². The maximum Gasteiger partial charge on any atom is 0.208 e. The molecule has 16 heavy (non-hydrogen) atoms. The van der Waals surface area contributed by atoms with Crippen molar-refractivity contribution in [2.45, 2.75) is 13.8 Å². The van der Waals surface area contributed by atoms with Crippen molar-refractivity contribution >= 4 is 50.3 Å². The average molecular weight is 316 g/mol. The molecule has 1 heterocycles. The molecule has 0 bridgehead atoms. The highest BCUT2D eigenvalue weighted by Crippen LogP contribution is 2.28. The van der Waals surface area contributed by atoms with Gasteiger partial charge in [-0.25, -0.2) is 0 Å². The summed E-state index contributed by atoms with van der Waals surface area (Å²) in [4.78, 5) is 0. The molecule has 3 nitrogen and oxygen atoms in total. The van der Waals surface area contributed by atoms with Crippen LogP contribution < -0.4 is 5.32 Å². The molecule has 1 aromatic carbocycles. The first-order chi connectivity index (χ1) is 7.56. The summed E-state index contributed by atoms with van der Waals surface area (Å²) in [5.41, 5.74) is 3.43. The van der Waals surface area contributed by atoms with E-state index in [1.807, 2.05) is 0 Å². The van der Waals surface area contributed by atoms with Crippen LogP contribution in [0.5, 0.6) is 0 Å². The summed E-state index contributed by atoms with van der Waals surface area (Å²) in [6, 6.07) is 4.14. The number of H-pyrrole nitrogens is 1. The number of hydrogen-bond acceptors (Lipinski definition) is 4. The third-order valence-electron chi connectivity index (χ3n) is 2.17. The molecule has 0 radical (unpaired) electrons. The van der Waals surface area contributed by atoms with Crippen LogP contribution in [0, 0.1) is 17.8 Å². The minimum atomic E-state index is 0.676. The largest absolute Gasteiger partial charge is 0.330 e. The molecule has 0 atom stereocenters. The Labute approximate surface area is 111 Å². The van der Waals surface area contributed by atoms with Gasteiger partial charge in [0.1, 0.15) is 0 Å².